The van der Waals surface area contributed by atoms with Gasteiger partial charge in [-0.3, -0.25) is 4.79 Å². The summed E-state index contributed by atoms with van der Waals surface area (Å²) < 4.78 is 10.1. The van der Waals surface area contributed by atoms with Crippen molar-refractivity contribution in [3.05, 3.63) is 36.7 Å². The molecule has 112 valence electrons. The Balaban J connectivity index is 1.82. The smallest absolute Gasteiger partial charge is 0.226 e. The molecule has 2 rings (SSSR count). The van der Waals surface area contributed by atoms with Crippen molar-refractivity contribution in [2.24, 2.45) is 0 Å². The zero-order valence-corrected chi connectivity index (χ0v) is 12.0. The summed E-state index contributed by atoms with van der Waals surface area (Å²) in [6.45, 7) is 1.41. The Morgan fingerprint density at radius 2 is 2.24 bits per heavy atom. The summed E-state index contributed by atoms with van der Waals surface area (Å²) in [5.41, 5.74) is 1.67. The van der Waals surface area contributed by atoms with Crippen LogP contribution < -0.4 is 5.32 Å². The molecular weight excluding hydrogens is 270 g/mol. The third-order valence-electron chi connectivity index (χ3n) is 2.82. The van der Waals surface area contributed by atoms with Crippen LogP contribution in [0.1, 0.15) is 6.42 Å². The molecule has 0 aliphatic carbocycles. The molecule has 0 bridgehead atoms. The standard InChI is InChI=1S/C15H19N3O3/c1-20-9-10-21-8-5-14(19)18-13-4-2-3-12(11-13)15-16-6-7-17-15/h2-4,6-7,11H,5,8-10H2,1H3,(H,16,17)(H,18,19). The van der Waals surface area contributed by atoms with Crippen LogP contribution in [0.4, 0.5) is 5.69 Å². The molecular formula is C15H19N3O3. The van der Waals surface area contributed by atoms with Gasteiger partial charge in [-0.2, -0.15) is 0 Å². The van der Waals surface area contributed by atoms with Crippen LogP contribution in [-0.4, -0.2) is 42.8 Å². The lowest BCUT2D eigenvalue weighted by Gasteiger charge is -2.07. The number of nitrogens with zero attached hydrogens (tertiary/aromatic N) is 1. The highest BCUT2D eigenvalue weighted by Crippen LogP contribution is 2.19. The largest absolute Gasteiger partial charge is 0.382 e. The summed E-state index contributed by atoms with van der Waals surface area (Å²) in [6.07, 6.45) is 3.77. The highest BCUT2D eigenvalue weighted by atomic mass is 16.5. The molecule has 21 heavy (non-hydrogen) atoms. The van der Waals surface area contributed by atoms with E-state index in [0.29, 0.717) is 26.2 Å². The van der Waals surface area contributed by atoms with E-state index in [2.05, 4.69) is 15.3 Å². The minimum absolute atomic E-state index is 0.0796. The molecule has 2 N–H and O–H groups in total. The molecule has 0 unspecified atom stereocenters. The van der Waals surface area contributed by atoms with Crippen molar-refractivity contribution >= 4 is 11.6 Å². The number of hydrogen-bond donors (Lipinski definition) is 2. The molecule has 6 heteroatoms. The lowest BCUT2D eigenvalue weighted by Crippen LogP contribution is -2.15. The van der Waals surface area contributed by atoms with Crippen LogP contribution in [0.15, 0.2) is 36.7 Å². The molecule has 0 aliphatic rings. The summed E-state index contributed by atoms with van der Waals surface area (Å²) >= 11 is 0. The summed E-state index contributed by atoms with van der Waals surface area (Å²) in [4.78, 5) is 19.0. The third kappa shape index (κ3) is 5.02. The maximum atomic E-state index is 11.8. The maximum Gasteiger partial charge on any atom is 0.226 e. The van der Waals surface area contributed by atoms with Gasteiger partial charge in [0.05, 0.1) is 26.2 Å². The Morgan fingerprint density at radius 3 is 3.00 bits per heavy atom. The van der Waals surface area contributed by atoms with Crippen LogP contribution in [0, 0.1) is 0 Å². The number of carbonyl (C=O) groups excluding carboxylic acids is 1. The Hall–Kier alpha value is -2.18. The molecule has 0 saturated heterocycles. The molecule has 6 nitrogen and oxygen atoms in total. The maximum absolute atomic E-state index is 11.8. The number of hydrogen-bond acceptors (Lipinski definition) is 4. The van der Waals surface area contributed by atoms with E-state index < -0.39 is 0 Å². The molecule has 1 aromatic heterocycles. The van der Waals surface area contributed by atoms with Crippen LogP contribution >= 0.6 is 0 Å². The first-order chi connectivity index (χ1) is 10.3. The number of imidazole rings is 1. The van der Waals surface area contributed by atoms with Gasteiger partial charge in [0.2, 0.25) is 5.91 Å². The Bertz CT molecular complexity index is 555. The van der Waals surface area contributed by atoms with Crippen molar-refractivity contribution < 1.29 is 14.3 Å². The van der Waals surface area contributed by atoms with Crippen molar-refractivity contribution in [2.45, 2.75) is 6.42 Å². The van der Waals surface area contributed by atoms with E-state index in [0.717, 1.165) is 17.1 Å². The number of carbonyl (C=O) groups is 1. The second-order valence-corrected chi connectivity index (χ2v) is 4.42. The first kappa shape index (κ1) is 15.2. The number of aromatic amines is 1. The SMILES string of the molecule is COCCOCCC(=O)Nc1cccc(-c2ncc[nH]2)c1. The zero-order valence-electron chi connectivity index (χ0n) is 12.0. The second kappa shape index (κ2) is 8.18. The van der Waals surface area contributed by atoms with Gasteiger partial charge in [-0.15, -0.1) is 0 Å². The van der Waals surface area contributed by atoms with Crippen molar-refractivity contribution in [1.82, 2.24) is 9.97 Å². The van der Waals surface area contributed by atoms with Crippen molar-refractivity contribution in [1.29, 1.82) is 0 Å². The van der Waals surface area contributed by atoms with Gasteiger partial charge in [-0.1, -0.05) is 12.1 Å². The predicted molar refractivity (Wildman–Crippen MR) is 80.0 cm³/mol. The van der Waals surface area contributed by atoms with Crippen LogP contribution in [0.25, 0.3) is 11.4 Å². The van der Waals surface area contributed by atoms with Crippen molar-refractivity contribution in [3.63, 3.8) is 0 Å². The fraction of sp³-hybridized carbons (Fsp3) is 0.333. The van der Waals surface area contributed by atoms with Gasteiger partial charge in [0.1, 0.15) is 5.82 Å². The minimum atomic E-state index is -0.0796. The number of benzene rings is 1. The summed E-state index contributed by atoms with van der Waals surface area (Å²) in [5, 5.41) is 2.84. The topological polar surface area (TPSA) is 76.2 Å². The number of aromatic nitrogens is 2. The highest BCUT2D eigenvalue weighted by molar-refractivity contribution is 5.91. The molecule has 0 fully saturated rings. The normalized spacial score (nSPS) is 10.5. The molecule has 1 aromatic carbocycles. The van der Waals surface area contributed by atoms with Crippen LogP contribution in [0.3, 0.4) is 0 Å². The number of amides is 1. The van der Waals surface area contributed by atoms with Crippen LogP contribution in [0.2, 0.25) is 0 Å². The van der Waals surface area contributed by atoms with E-state index in [1.54, 1.807) is 19.5 Å². The van der Waals surface area contributed by atoms with Crippen LogP contribution in [-0.2, 0) is 14.3 Å². The molecule has 0 spiro atoms. The second-order valence-electron chi connectivity index (χ2n) is 4.42. The molecule has 0 radical (unpaired) electrons. The number of ether oxygens (including phenoxy) is 2. The average molecular weight is 289 g/mol. The Kier molecular flexibility index (Phi) is 5.93. The molecule has 0 saturated carbocycles. The van der Waals surface area contributed by atoms with E-state index in [-0.39, 0.29) is 5.91 Å². The minimum Gasteiger partial charge on any atom is -0.382 e. The molecule has 2 aromatic rings. The quantitative estimate of drug-likeness (QED) is 0.729. The van der Waals surface area contributed by atoms with Crippen LogP contribution in [0.5, 0.6) is 0 Å². The lowest BCUT2D eigenvalue weighted by atomic mass is 10.2. The van der Waals surface area contributed by atoms with Gasteiger partial charge < -0.3 is 19.8 Å². The molecule has 0 aliphatic heterocycles. The highest BCUT2D eigenvalue weighted by Gasteiger charge is 2.05. The summed E-state index contributed by atoms with van der Waals surface area (Å²) in [6, 6.07) is 7.53. The monoisotopic (exact) mass is 289 g/mol. The fourth-order valence-corrected chi connectivity index (χ4v) is 1.80. The van der Waals surface area contributed by atoms with E-state index >= 15 is 0 Å². The van der Waals surface area contributed by atoms with Gasteiger partial charge >= 0.3 is 0 Å². The Labute approximate surface area is 123 Å². The molecule has 1 heterocycles. The number of anilines is 1. The predicted octanol–water partition coefficient (Wildman–Crippen LogP) is 2.07. The number of rotatable bonds is 8. The number of methoxy groups -OCH3 is 1. The summed E-state index contributed by atoms with van der Waals surface area (Å²) in [5.74, 6) is 0.693. The van der Waals surface area contributed by atoms with Gasteiger partial charge in [-0.05, 0) is 12.1 Å². The van der Waals surface area contributed by atoms with E-state index in [9.17, 15) is 4.79 Å². The lowest BCUT2D eigenvalue weighted by molar-refractivity contribution is -0.117. The third-order valence-corrected chi connectivity index (χ3v) is 2.82. The molecule has 0 atom stereocenters. The van der Waals surface area contributed by atoms with E-state index in [1.807, 2.05) is 24.3 Å². The van der Waals surface area contributed by atoms with Crippen molar-refractivity contribution in [2.75, 3.05) is 32.2 Å². The molecule has 1 amide bonds. The first-order valence-corrected chi connectivity index (χ1v) is 6.76. The van der Waals surface area contributed by atoms with Gasteiger partial charge in [0, 0.05) is 30.8 Å². The fourth-order valence-electron chi connectivity index (χ4n) is 1.80. The van der Waals surface area contributed by atoms with Gasteiger partial charge in [-0.25, -0.2) is 4.98 Å². The van der Waals surface area contributed by atoms with E-state index in [1.165, 1.54) is 0 Å². The first-order valence-electron chi connectivity index (χ1n) is 6.76. The number of H-pyrrole nitrogens is 1. The average Bonchev–Trinajstić information content (AvgIpc) is 3.01. The van der Waals surface area contributed by atoms with Gasteiger partial charge in [0.25, 0.3) is 0 Å². The van der Waals surface area contributed by atoms with Crippen molar-refractivity contribution in [3.8, 4) is 11.4 Å². The Morgan fingerprint density at radius 1 is 1.33 bits per heavy atom. The summed E-state index contributed by atoms with van der Waals surface area (Å²) in [7, 11) is 1.61. The van der Waals surface area contributed by atoms with E-state index in [4.69, 9.17) is 9.47 Å². The number of nitrogens with one attached hydrogen (secondary N) is 2. The van der Waals surface area contributed by atoms with Gasteiger partial charge in [0.15, 0.2) is 0 Å². The zero-order chi connectivity index (χ0) is 14.9.